The number of carbonyl (C=O) groups excluding carboxylic acids is 3. The lowest BCUT2D eigenvalue weighted by molar-refractivity contribution is -0.163. The highest BCUT2D eigenvalue weighted by molar-refractivity contribution is 6.00. The van der Waals surface area contributed by atoms with Gasteiger partial charge in [0.05, 0.1) is 0 Å². The van der Waals surface area contributed by atoms with E-state index in [1.165, 1.54) is 6.92 Å². The molecular formula is C29H30N4O4. The first-order valence-corrected chi connectivity index (χ1v) is 12.9. The average Bonchev–Trinajstić information content (AvgIpc) is 3.56. The summed E-state index contributed by atoms with van der Waals surface area (Å²) in [4.78, 5) is 44.5. The SMILES string of the molecule is C=CC(C)(C)[C@@]12C[C@H]3C(=O)N4[C@@H](C[C@@]5(OC(C)=O)c6ccccc6N[C@@H]45)C(=O)N3[C@@H]1Nc1ccccc12. The minimum absolute atomic E-state index is 0.114. The fourth-order valence-corrected chi connectivity index (χ4v) is 7.87. The fourth-order valence-electron chi connectivity index (χ4n) is 7.87. The number of rotatable bonds is 3. The van der Waals surface area contributed by atoms with E-state index in [9.17, 15) is 14.4 Å². The van der Waals surface area contributed by atoms with Gasteiger partial charge in [0.2, 0.25) is 11.8 Å². The van der Waals surface area contributed by atoms with Gasteiger partial charge in [0.25, 0.3) is 0 Å². The first kappa shape index (κ1) is 22.4. The number of ether oxygens (including phenoxy) is 1. The second-order valence-corrected chi connectivity index (χ2v) is 11.5. The third kappa shape index (κ3) is 2.46. The van der Waals surface area contributed by atoms with Crippen LogP contribution >= 0.6 is 0 Å². The summed E-state index contributed by atoms with van der Waals surface area (Å²) in [6.07, 6.45) is 1.62. The second-order valence-electron chi connectivity index (χ2n) is 11.5. The number of amides is 2. The molecule has 0 spiro atoms. The monoisotopic (exact) mass is 498 g/mol. The number of allylic oxidation sites excluding steroid dienone is 1. The quantitative estimate of drug-likeness (QED) is 0.499. The van der Waals surface area contributed by atoms with Gasteiger partial charge in [-0.05, 0) is 29.5 Å². The molecule has 2 amide bonds. The maximum atomic E-state index is 14.4. The van der Waals surface area contributed by atoms with Crippen molar-refractivity contribution in [3.8, 4) is 0 Å². The molecule has 2 N–H and O–H groups in total. The van der Waals surface area contributed by atoms with Gasteiger partial charge in [-0.15, -0.1) is 6.58 Å². The zero-order valence-corrected chi connectivity index (χ0v) is 21.2. The molecule has 190 valence electrons. The molecule has 3 fully saturated rings. The van der Waals surface area contributed by atoms with Crippen molar-refractivity contribution in [2.24, 2.45) is 5.41 Å². The zero-order chi connectivity index (χ0) is 25.9. The molecule has 0 bridgehead atoms. The highest BCUT2D eigenvalue weighted by atomic mass is 16.6. The number of fused-ring (bicyclic) bond motifs is 10. The number of carbonyl (C=O) groups is 3. The molecule has 5 aliphatic heterocycles. The molecular weight excluding hydrogens is 468 g/mol. The van der Waals surface area contributed by atoms with Crippen LogP contribution in [0, 0.1) is 5.41 Å². The average molecular weight is 499 g/mol. The van der Waals surface area contributed by atoms with Gasteiger partial charge in [-0.25, -0.2) is 0 Å². The molecule has 2 aromatic rings. The third-order valence-corrected chi connectivity index (χ3v) is 9.59. The molecule has 0 aliphatic carbocycles. The number of esters is 1. The normalized spacial score (nSPS) is 34.5. The summed E-state index contributed by atoms with van der Waals surface area (Å²) in [5.74, 6) is -0.669. The van der Waals surface area contributed by atoms with E-state index in [4.69, 9.17) is 4.74 Å². The van der Waals surface area contributed by atoms with Crippen LogP contribution < -0.4 is 10.6 Å². The van der Waals surface area contributed by atoms with Gasteiger partial charge >= 0.3 is 5.97 Å². The molecule has 3 saturated heterocycles. The maximum absolute atomic E-state index is 14.4. The van der Waals surface area contributed by atoms with Crippen molar-refractivity contribution in [1.82, 2.24) is 9.80 Å². The number of nitrogens with one attached hydrogen (secondary N) is 2. The molecule has 37 heavy (non-hydrogen) atoms. The Morgan fingerprint density at radius 1 is 0.946 bits per heavy atom. The maximum Gasteiger partial charge on any atom is 0.303 e. The minimum atomic E-state index is -1.11. The molecule has 5 aliphatic rings. The molecule has 0 aromatic heterocycles. The smallest absolute Gasteiger partial charge is 0.303 e. The number of anilines is 2. The predicted molar refractivity (Wildman–Crippen MR) is 137 cm³/mol. The number of benzene rings is 2. The number of hydrogen-bond donors (Lipinski definition) is 2. The summed E-state index contributed by atoms with van der Waals surface area (Å²) in [6.45, 7) is 9.77. The van der Waals surface area contributed by atoms with Gasteiger partial charge in [0.1, 0.15) is 24.4 Å². The lowest BCUT2D eigenvalue weighted by Crippen LogP contribution is -2.66. The third-order valence-electron chi connectivity index (χ3n) is 9.59. The van der Waals surface area contributed by atoms with Crippen molar-refractivity contribution in [1.29, 1.82) is 0 Å². The van der Waals surface area contributed by atoms with Crippen molar-refractivity contribution >= 4 is 29.2 Å². The highest BCUT2D eigenvalue weighted by Crippen LogP contribution is 2.62. The Balaban J connectivity index is 1.35. The van der Waals surface area contributed by atoms with Crippen LogP contribution in [-0.4, -0.2) is 52.0 Å². The van der Waals surface area contributed by atoms with Crippen LogP contribution in [0.4, 0.5) is 11.4 Å². The van der Waals surface area contributed by atoms with Gasteiger partial charge in [-0.3, -0.25) is 14.4 Å². The molecule has 0 unspecified atom stereocenters. The van der Waals surface area contributed by atoms with Crippen LogP contribution in [-0.2, 0) is 30.1 Å². The van der Waals surface area contributed by atoms with Crippen LogP contribution in [0.2, 0.25) is 0 Å². The van der Waals surface area contributed by atoms with E-state index in [0.29, 0.717) is 6.42 Å². The van der Waals surface area contributed by atoms with Crippen LogP contribution in [0.5, 0.6) is 0 Å². The Hall–Kier alpha value is -3.81. The largest absolute Gasteiger partial charge is 0.450 e. The van der Waals surface area contributed by atoms with E-state index in [2.05, 4.69) is 37.1 Å². The van der Waals surface area contributed by atoms with E-state index in [-0.39, 0.29) is 24.4 Å². The number of hydrogen-bond acceptors (Lipinski definition) is 6. The molecule has 0 radical (unpaired) electrons. The lowest BCUT2D eigenvalue weighted by atomic mass is 9.60. The van der Waals surface area contributed by atoms with Crippen molar-refractivity contribution < 1.29 is 19.1 Å². The zero-order valence-electron chi connectivity index (χ0n) is 21.2. The number of piperazine rings is 1. The number of nitrogens with zero attached hydrogens (tertiary/aromatic N) is 2. The Bertz CT molecular complexity index is 1400. The summed E-state index contributed by atoms with van der Waals surface area (Å²) < 4.78 is 5.99. The fraction of sp³-hybridized carbons (Fsp3) is 0.414. The van der Waals surface area contributed by atoms with Gasteiger partial charge in [0, 0.05) is 35.7 Å². The Morgan fingerprint density at radius 2 is 1.49 bits per heavy atom. The highest BCUT2D eigenvalue weighted by Gasteiger charge is 2.72. The topological polar surface area (TPSA) is 91.0 Å². The van der Waals surface area contributed by atoms with Crippen molar-refractivity contribution in [2.45, 2.75) is 69.0 Å². The summed E-state index contributed by atoms with van der Waals surface area (Å²) >= 11 is 0. The standard InChI is InChI=1S/C29H30N4O4/c1-5-27(3,4)28-14-21-23(35)33-22(24(36)32(21)25(28)30-19-12-8-6-10-17(19)28)15-29(37-16(2)34)18-11-7-9-13-20(18)31-26(29)33/h5-13,21-22,25-26,30-31H,1,14-15H2,2-4H3/t21-,22-,25-,26-,28+,29+/m0/s1. The summed E-state index contributed by atoms with van der Waals surface area (Å²) in [6, 6.07) is 14.4. The van der Waals surface area contributed by atoms with E-state index >= 15 is 0 Å². The second kappa shape index (κ2) is 6.94. The number of para-hydroxylation sites is 2. The molecule has 5 heterocycles. The van der Waals surface area contributed by atoms with Gasteiger partial charge in [-0.2, -0.15) is 0 Å². The minimum Gasteiger partial charge on any atom is -0.450 e. The van der Waals surface area contributed by atoms with E-state index in [0.717, 1.165) is 22.5 Å². The predicted octanol–water partition coefficient (Wildman–Crippen LogP) is 3.31. The van der Waals surface area contributed by atoms with Crippen molar-refractivity contribution in [3.05, 3.63) is 72.3 Å². The summed E-state index contributed by atoms with van der Waals surface area (Å²) in [7, 11) is 0. The lowest BCUT2D eigenvalue weighted by Gasteiger charge is -2.45. The molecule has 7 rings (SSSR count). The van der Waals surface area contributed by atoms with Crippen LogP contribution in [0.3, 0.4) is 0 Å². The van der Waals surface area contributed by atoms with Crippen LogP contribution in [0.1, 0.15) is 44.7 Å². The van der Waals surface area contributed by atoms with Gasteiger partial charge in [-0.1, -0.05) is 56.3 Å². The molecule has 6 atom stereocenters. The van der Waals surface area contributed by atoms with Gasteiger partial charge < -0.3 is 25.2 Å². The first-order chi connectivity index (χ1) is 17.7. The van der Waals surface area contributed by atoms with Crippen LogP contribution in [0.25, 0.3) is 0 Å². The Labute approximate surface area is 215 Å². The van der Waals surface area contributed by atoms with E-state index < -0.39 is 40.6 Å². The Kier molecular flexibility index (Phi) is 4.20. The van der Waals surface area contributed by atoms with E-state index in [1.807, 2.05) is 48.5 Å². The van der Waals surface area contributed by atoms with Crippen molar-refractivity contribution in [3.63, 3.8) is 0 Å². The summed E-state index contributed by atoms with van der Waals surface area (Å²) in [5.41, 5.74) is 1.70. The molecule has 8 heteroatoms. The molecule has 8 nitrogen and oxygen atoms in total. The van der Waals surface area contributed by atoms with Crippen LogP contribution in [0.15, 0.2) is 61.2 Å². The summed E-state index contributed by atoms with van der Waals surface area (Å²) in [5, 5.41) is 7.02. The van der Waals surface area contributed by atoms with Gasteiger partial charge in [0.15, 0.2) is 5.60 Å². The van der Waals surface area contributed by atoms with Crippen molar-refractivity contribution in [2.75, 3.05) is 10.6 Å². The molecule has 2 aromatic carbocycles. The Morgan fingerprint density at radius 3 is 2.14 bits per heavy atom. The first-order valence-electron chi connectivity index (χ1n) is 12.9. The van der Waals surface area contributed by atoms with E-state index in [1.54, 1.807) is 9.80 Å². The molecule has 0 saturated carbocycles.